The summed E-state index contributed by atoms with van der Waals surface area (Å²) in [6.45, 7) is 2.35. The van der Waals surface area contributed by atoms with Gasteiger partial charge >= 0.3 is 12.1 Å². The van der Waals surface area contributed by atoms with Crippen LogP contribution in [0.5, 0.6) is 0 Å². The molecular weight excluding hydrogens is 397 g/mol. The van der Waals surface area contributed by atoms with Crippen LogP contribution in [0.2, 0.25) is 0 Å². The van der Waals surface area contributed by atoms with E-state index in [0.29, 0.717) is 37.9 Å². The summed E-state index contributed by atoms with van der Waals surface area (Å²) in [6, 6.07) is 15.9. The highest BCUT2D eigenvalue weighted by atomic mass is 19.1. The Balaban J connectivity index is 1.63. The molecule has 3 atom stereocenters. The quantitative estimate of drug-likeness (QED) is 0.577. The molecule has 1 N–H and O–H groups in total. The molecule has 1 aliphatic rings. The van der Waals surface area contributed by atoms with Crippen molar-refractivity contribution in [3.8, 4) is 0 Å². The van der Waals surface area contributed by atoms with Gasteiger partial charge in [-0.15, -0.1) is 0 Å². The lowest BCUT2D eigenvalue weighted by atomic mass is 9.73. The maximum Gasteiger partial charge on any atom is 0.407 e. The number of ether oxygens (including phenoxy) is 2. The average molecular weight is 428 g/mol. The van der Waals surface area contributed by atoms with Gasteiger partial charge in [-0.2, -0.15) is 0 Å². The van der Waals surface area contributed by atoms with Gasteiger partial charge in [0.1, 0.15) is 12.4 Å². The Hall–Kier alpha value is -2.89. The first kappa shape index (κ1) is 22.8. The molecule has 1 aliphatic carbocycles. The number of rotatable bonds is 8. The summed E-state index contributed by atoms with van der Waals surface area (Å²) in [5.41, 5.74) is 1.50. The Labute approximate surface area is 182 Å². The van der Waals surface area contributed by atoms with Crippen LogP contribution in [-0.4, -0.2) is 24.7 Å². The van der Waals surface area contributed by atoms with Crippen LogP contribution in [0, 0.1) is 11.7 Å². The maximum atomic E-state index is 14.6. The molecule has 2 aromatic carbocycles. The second-order valence-electron chi connectivity index (χ2n) is 7.96. The van der Waals surface area contributed by atoms with Gasteiger partial charge in [-0.3, -0.25) is 4.79 Å². The monoisotopic (exact) mass is 427 g/mol. The summed E-state index contributed by atoms with van der Waals surface area (Å²) in [5.74, 6) is -0.378. The minimum absolute atomic E-state index is 0.175. The van der Waals surface area contributed by atoms with E-state index in [9.17, 15) is 14.0 Å². The normalized spacial score (nSPS) is 20.6. The summed E-state index contributed by atoms with van der Waals surface area (Å²) < 4.78 is 25.0. The van der Waals surface area contributed by atoms with Crippen molar-refractivity contribution >= 4 is 12.1 Å². The van der Waals surface area contributed by atoms with Gasteiger partial charge < -0.3 is 14.8 Å². The number of nitrogens with one attached hydrogen (secondary N) is 1. The Morgan fingerprint density at radius 1 is 1.03 bits per heavy atom. The van der Waals surface area contributed by atoms with Crippen molar-refractivity contribution in [2.75, 3.05) is 6.61 Å². The van der Waals surface area contributed by atoms with E-state index in [1.807, 2.05) is 36.4 Å². The summed E-state index contributed by atoms with van der Waals surface area (Å²) >= 11 is 0. The summed E-state index contributed by atoms with van der Waals surface area (Å²) in [7, 11) is 0. The Morgan fingerprint density at radius 2 is 1.77 bits per heavy atom. The smallest absolute Gasteiger partial charge is 0.407 e. The minimum atomic E-state index is -0.500. The summed E-state index contributed by atoms with van der Waals surface area (Å²) in [4.78, 5) is 24.2. The molecule has 5 nitrogen and oxygen atoms in total. The number of hydrogen-bond donors (Lipinski definition) is 1. The van der Waals surface area contributed by atoms with Crippen molar-refractivity contribution < 1.29 is 23.5 Å². The average Bonchev–Trinajstić information content (AvgIpc) is 2.78. The third-order valence-corrected chi connectivity index (χ3v) is 5.84. The van der Waals surface area contributed by atoms with Crippen LogP contribution >= 0.6 is 0 Å². The van der Waals surface area contributed by atoms with Gasteiger partial charge in [0.05, 0.1) is 6.61 Å². The molecule has 3 rings (SSSR count). The van der Waals surface area contributed by atoms with E-state index in [2.05, 4.69) is 5.32 Å². The summed E-state index contributed by atoms with van der Waals surface area (Å²) in [5, 5.41) is 2.95. The lowest BCUT2D eigenvalue weighted by Gasteiger charge is -2.37. The molecule has 166 valence electrons. The van der Waals surface area contributed by atoms with E-state index in [0.717, 1.165) is 12.0 Å². The van der Waals surface area contributed by atoms with Crippen LogP contribution in [0.3, 0.4) is 0 Å². The van der Waals surface area contributed by atoms with Crippen LogP contribution in [0.15, 0.2) is 54.6 Å². The zero-order valence-corrected chi connectivity index (χ0v) is 17.9. The molecule has 0 heterocycles. The standard InChI is InChI=1S/C25H30FNO4/c1-2-30-24(28)15-13-18-12-14-23(21(16-18)20-10-6-7-11-22(20)26)27-25(29)31-17-19-8-4-3-5-9-19/h3-11,18,21,23H,2,12-17H2,1H3,(H,27,29)/t18?,21-,23+/m0/s1. The van der Waals surface area contributed by atoms with Crippen molar-refractivity contribution in [1.82, 2.24) is 5.32 Å². The number of esters is 1. The largest absolute Gasteiger partial charge is 0.466 e. The highest BCUT2D eigenvalue weighted by molar-refractivity contribution is 5.69. The first-order valence-corrected chi connectivity index (χ1v) is 10.9. The third kappa shape index (κ3) is 6.81. The van der Waals surface area contributed by atoms with E-state index < -0.39 is 6.09 Å². The van der Waals surface area contributed by atoms with Crippen molar-refractivity contribution in [3.63, 3.8) is 0 Å². The first-order chi connectivity index (χ1) is 15.1. The molecule has 2 aromatic rings. The van der Waals surface area contributed by atoms with E-state index in [4.69, 9.17) is 9.47 Å². The molecule has 0 radical (unpaired) electrons. The van der Waals surface area contributed by atoms with E-state index in [1.54, 1.807) is 19.1 Å². The highest BCUT2D eigenvalue weighted by Gasteiger charge is 2.34. The van der Waals surface area contributed by atoms with Gasteiger partial charge in [-0.25, -0.2) is 9.18 Å². The molecule has 31 heavy (non-hydrogen) atoms. The molecule has 0 saturated heterocycles. The number of benzene rings is 2. The summed E-state index contributed by atoms with van der Waals surface area (Å²) in [6.07, 6.45) is 2.82. The van der Waals surface area contributed by atoms with Crippen LogP contribution in [-0.2, 0) is 20.9 Å². The van der Waals surface area contributed by atoms with Crippen molar-refractivity contribution in [3.05, 3.63) is 71.5 Å². The van der Waals surface area contributed by atoms with E-state index in [-0.39, 0.29) is 36.3 Å². The lowest BCUT2D eigenvalue weighted by molar-refractivity contribution is -0.143. The maximum absolute atomic E-state index is 14.6. The predicted octanol–water partition coefficient (Wildman–Crippen LogP) is 5.35. The van der Waals surface area contributed by atoms with Gasteiger partial charge in [0.25, 0.3) is 0 Å². The Bertz CT molecular complexity index is 858. The fourth-order valence-electron chi connectivity index (χ4n) is 4.28. The van der Waals surface area contributed by atoms with Gasteiger partial charge in [0, 0.05) is 18.4 Å². The second-order valence-corrected chi connectivity index (χ2v) is 7.96. The number of hydrogen-bond acceptors (Lipinski definition) is 4. The number of carbonyl (C=O) groups is 2. The molecule has 1 amide bonds. The second kappa shape index (κ2) is 11.5. The SMILES string of the molecule is CCOC(=O)CCC1CC[C@@H](NC(=O)OCc2ccccc2)[C@H](c2ccccc2F)C1. The topological polar surface area (TPSA) is 64.6 Å². The van der Waals surface area contributed by atoms with Crippen molar-refractivity contribution in [2.24, 2.45) is 5.92 Å². The molecule has 6 heteroatoms. The van der Waals surface area contributed by atoms with E-state index in [1.165, 1.54) is 6.07 Å². The van der Waals surface area contributed by atoms with Crippen LogP contribution < -0.4 is 5.32 Å². The van der Waals surface area contributed by atoms with Crippen LogP contribution in [0.25, 0.3) is 0 Å². The molecular formula is C25H30FNO4. The van der Waals surface area contributed by atoms with Crippen molar-refractivity contribution in [1.29, 1.82) is 0 Å². The van der Waals surface area contributed by atoms with Gasteiger partial charge in [0.2, 0.25) is 0 Å². The van der Waals surface area contributed by atoms with Gasteiger partial charge in [0.15, 0.2) is 0 Å². The fraction of sp³-hybridized carbons (Fsp3) is 0.440. The zero-order valence-electron chi connectivity index (χ0n) is 17.9. The Kier molecular flexibility index (Phi) is 8.44. The Morgan fingerprint density at radius 3 is 2.52 bits per heavy atom. The molecule has 0 aliphatic heterocycles. The molecule has 1 saturated carbocycles. The molecule has 1 unspecified atom stereocenters. The number of amides is 1. The fourth-order valence-corrected chi connectivity index (χ4v) is 4.28. The number of alkyl carbamates (subject to hydrolysis) is 1. The minimum Gasteiger partial charge on any atom is -0.466 e. The lowest BCUT2D eigenvalue weighted by Crippen LogP contribution is -2.43. The molecule has 0 spiro atoms. The van der Waals surface area contributed by atoms with Crippen LogP contribution in [0.1, 0.15) is 56.1 Å². The number of carbonyl (C=O) groups excluding carboxylic acids is 2. The van der Waals surface area contributed by atoms with E-state index >= 15 is 0 Å². The van der Waals surface area contributed by atoms with Gasteiger partial charge in [-0.05, 0) is 55.7 Å². The van der Waals surface area contributed by atoms with Crippen molar-refractivity contribution in [2.45, 2.75) is 57.6 Å². The highest BCUT2D eigenvalue weighted by Crippen LogP contribution is 2.39. The molecule has 0 aromatic heterocycles. The molecule has 0 bridgehead atoms. The van der Waals surface area contributed by atoms with Crippen LogP contribution in [0.4, 0.5) is 9.18 Å². The predicted molar refractivity (Wildman–Crippen MR) is 116 cm³/mol. The first-order valence-electron chi connectivity index (χ1n) is 10.9. The number of halogens is 1. The third-order valence-electron chi connectivity index (χ3n) is 5.84. The molecule has 1 fully saturated rings. The van der Waals surface area contributed by atoms with Gasteiger partial charge in [-0.1, -0.05) is 48.5 Å². The zero-order chi connectivity index (χ0) is 22.1.